The van der Waals surface area contributed by atoms with E-state index < -0.39 is 27.8 Å². The molecular weight excluding hydrogens is 654 g/mol. The number of nitrogens with one attached hydrogen (secondary N) is 3. The lowest BCUT2D eigenvalue weighted by Gasteiger charge is -2.40. The summed E-state index contributed by atoms with van der Waals surface area (Å²) in [5, 5.41) is 5.55. The Morgan fingerprint density at radius 1 is 1.02 bits per heavy atom. The highest BCUT2D eigenvalue weighted by Crippen LogP contribution is 2.33. The number of nitrogens with two attached hydrogens (primary N) is 1. The van der Waals surface area contributed by atoms with Crippen molar-refractivity contribution in [3.05, 3.63) is 113 Å². The number of carbonyl (C=O) groups is 2. The fourth-order valence-electron chi connectivity index (χ4n) is 5.26. The minimum Gasteiger partial charge on any atom is -0.439 e. The third-order valence-corrected chi connectivity index (χ3v) is 7.94. The lowest BCUT2D eigenvalue weighted by atomic mass is 9.91. The van der Waals surface area contributed by atoms with Gasteiger partial charge >= 0.3 is 6.03 Å². The molecule has 47 heavy (non-hydrogen) atoms. The number of benzene rings is 3. The summed E-state index contributed by atoms with van der Waals surface area (Å²) >= 11 is 0. The summed E-state index contributed by atoms with van der Waals surface area (Å²) < 4.78 is 59.1. The van der Waals surface area contributed by atoms with E-state index in [1.807, 2.05) is 12.1 Å². The van der Waals surface area contributed by atoms with E-state index in [1.165, 1.54) is 24.3 Å². The second-order valence-corrected chi connectivity index (χ2v) is 12.7. The zero-order chi connectivity index (χ0) is 32.8. The number of piperidine rings is 1. The summed E-state index contributed by atoms with van der Waals surface area (Å²) in [5.74, 6) is -1.25. The van der Waals surface area contributed by atoms with Crippen molar-refractivity contribution in [1.29, 1.82) is 0 Å². The van der Waals surface area contributed by atoms with Crippen molar-refractivity contribution in [3.8, 4) is 11.6 Å². The summed E-state index contributed by atoms with van der Waals surface area (Å²) in [6.45, 7) is 1.09. The van der Waals surface area contributed by atoms with Crippen LogP contribution in [-0.2, 0) is 16.6 Å². The van der Waals surface area contributed by atoms with Crippen LogP contribution in [0.1, 0.15) is 40.4 Å². The van der Waals surface area contributed by atoms with Crippen LogP contribution in [0.3, 0.4) is 0 Å². The Morgan fingerprint density at radius 2 is 1.77 bits per heavy atom. The molecule has 1 aliphatic rings. The first kappa shape index (κ1) is 35.1. The van der Waals surface area contributed by atoms with Gasteiger partial charge in [0.25, 0.3) is 5.91 Å². The number of primary amides is 1. The second-order valence-electron chi connectivity index (χ2n) is 10.9. The van der Waals surface area contributed by atoms with Crippen LogP contribution in [0.2, 0.25) is 0 Å². The highest BCUT2D eigenvalue weighted by Gasteiger charge is 2.31. The van der Waals surface area contributed by atoms with Gasteiger partial charge in [0.1, 0.15) is 17.4 Å². The van der Waals surface area contributed by atoms with Gasteiger partial charge in [-0.2, -0.15) is 0 Å². The molecule has 0 saturated carbocycles. The topological polar surface area (TPSA) is 156 Å². The maximum atomic E-state index is 14.2. The molecule has 3 aromatic carbocycles. The van der Waals surface area contributed by atoms with Crippen molar-refractivity contribution < 1.29 is 31.5 Å². The third kappa shape index (κ3) is 9.85. The van der Waals surface area contributed by atoms with Crippen LogP contribution in [0.4, 0.5) is 25.0 Å². The molecule has 5 N–H and O–H groups in total. The quantitative estimate of drug-likeness (QED) is 0.170. The molecule has 4 aromatic rings. The van der Waals surface area contributed by atoms with Crippen molar-refractivity contribution >= 4 is 45.7 Å². The number of sulfonamides is 1. The van der Waals surface area contributed by atoms with Crippen LogP contribution in [0.5, 0.6) is 11.6 Å². The van der Waals surface area contributed by atoms with Gasteiger partial charge in [-0.1, -0.05) is 18.2 Å². The van der Waals surface area contributed by atoms with Gasteiger partial charge in [-0.05, 0) is 78.6 Å². The predicted octanol–water partition coefficient (Wildman–Crippen LogP) is 5.57. The zero-order valence-electron chi connectivity index (χ0n) is 25.2. The molecule has 5 rings (SSSR count). The van der Waals surface area contributed by atoms with E-state index in [9.17, 15) is 26.8 Å². The molecule has 0 aliphatic carbocycles. The lowest BCUT2D eigenvalue weighted by molar-refractivity contribution is 0.0996. The number of amides is 3. The Morgan fingerprint density at radius 3 is 2.43 bits per heavy atom. The van der Waals surface area contributed by atoms with Gasteiger partial charge in [0.15, 0.2) is 0 Å². The maximum absolute atomic E-state index is 14.2. The van der Waals surface area contributed by atoms with Gasteiger partial charge in [0.05, 0.1) is 11.8 Å². The Kier molecular flexibility index (Phi) is 11.3. The molecule has 0 radical (unpaired) electrons. The number of aromatic nitrogens is 1. The van der Waals surface area contributed by atoms with E-state index in [-0.39, 0.29) is 41.6 Å². The number of hydrogen-bond donors (Lipinski definition) is 4. The Balaban J connectivity index is 0.00000500. The SMILES string of the molecule is CS(=O)(=O)Nc1ccc(Oc2ccc(CN3CCC(NC(=O)Nc4ccc(F)c(C(N)=O)c4)CC3c3cccc(F)c3)cn2)cc1.Cl. The number of pyridine rings is 1. The fraction of sp³-hybridized carbons (Fsp3) is 0.219. The summed E-state index contributed by atoms with van der Waals surface area (Å²) in [6.07, 6.45) is 3.86. The van der Waals surface area contributed by atoms with Crippen molar-refractivity contribution in [2.24, 2.45) is 5.73 Å². The normalized spacial score (nSPS) is 16.4. The standard InChI is InChI=1S/C32H32F2N6O5S.ClH/c1-46(43,44)39-23-6-9-26(10-7-23)45-30-12-5-20(18-36-30)19-40-14-13-25(17-29(40)21-3-2-4-22(33)15-21)38-32(42)37-24-8-11-28(34)27(16-24)31(35)41;/h2-12,15-16,18,25,29,39H,13-14,17,19H2,1H3,(H2,35,41)(H2,37,38,42);1H. The maximum Gasteiger partial charge on any atom is 0.319 e. The molecule has 1 aromatic heterocycles. The van der Waals surface area contributed by atoms with E-state index in [4.69, 9.17) is 10.5 Å². The summed E-state index contributed by atoms with van der Waals surface area (Å²) in [7, 11) is -3.39. The minimum atomic E-state index is -3.39. The van der Waals surface area contributed by atoms with E-state index in [1.54, 1.807) is 42.6 Å². The molecule has 2 unspecified atom stereocenters. The fourth-order valence-corrected chi connectivity index (χ4v) is 5.83. The third-order valence-electron chi connectivity index (χ3n) is 7.33. The number of likely N-dealkylation sites (tertiary alicyclic amines) is 1. The van der Waals surface area contributed by atoms with Gasteiger partial charge < -0.3 is 21.1 Å². The smallest absolute Gasteiger partial charge is 0.319 e. The highest BCUT2D eigenvalue weighted by molar-refractivity contribution is 7.92. The number of hydrogen-bond acceptors (Lipinski definition) is 7. The molecule has 1 aliphatic heterocycles. The first-order valence-electron chi connectivity index (χ1n) is 14.3. The summed E-state index contributed by atoms with van der Waals surface area (Å²) in [6, 6.07) is 18.9. The van der Waals surface area contributed by atoms with E-state index in [0.29, 0.717) is 43.2 Å². The van der Waals surface area contributed by atoms with Crippen LogP contribution in [0.25, 0.3) is 0 Å². The summed E-state index contributed by atoms with van der Waals surface area (Å²) in [4.78, 5) is 30.9. The molecule has 15 heteroatoms. The van der Waals surface area contributed by atoms with Gasteiger partial charge in [0, 0.05) is 48.8 Å². The number of urea groups is 1. The first-order valence-corrected chi connectivity index (χ1v) is 16.2. The first-order chi connectivity index (χ1) is 21.9. The summed E-state index contributed by atoms with van der Waals surface area (Å²) in [5.41, 5.74) is 7.16. The monoisotopic (exact) mass is 686 g/mol. The molecule has 3 amide bonds. The largest absolute Gasteiger partial charge is 0.439 e. The van der Waals surface area contributed by atoms with Crippen molar-refractivity contribution in [1.82, 2.24) is 15.2 Å². The second kappa shape index (κ2) is 15.2. The van der Waals surface area contributed by atoms with Crippen LogP contribution in [0.15, 0.2) is 85.1 Å². The molecule has 11 nitrogen and oxygen atoms in total. The number of ether oxygens (including phenoxy) is 1. The Bertz CT molecular complexity index is 1830. The average Bonchev–Trinajstić information content (AvgIpc) is 3.00. The number of carbonyl (C=O) groups excluding carboxylic acids is 2. The molecule has 0 spiro atoms. The molecular formula is C32H33ClF2N6O5S. The van der Waals surface area contributed by atoms with Gasteiger partial charge in [-0.3, -0.25) is 14.4 Å². The van der Waals surface area contributed by atoms with Gasteiger partial charge in [-0.15, -0.1) is 12.4 Å². The van der Waals surface area contributed by atoms with Gasteiger partial charge in [-0.25, -0.2) is 27.0 Å². The molecule has 1 saturated heterocycles. The number of anilines is 2. The molecule has 0 bridgehead atoms. The predicted molar refractivity (Wildman–Crippen MR) is 176 cm³/mol. The van der Waals surface area contributed by atoms with Crippen LogP contribution >= 0.6 is 12.4 Å². The van der Waals surface area contributed by atoms with Crippen LogP contribution < -0.4 is 25.8 Å². The zero-order valence-corrected chi connectivity index (χ0v) is 26.8. The molecule has 2 heterocycles. The Labute approximate surface area is 277 Å². The van der Waals surface area contributed by atoms with Crippen molar-refractivity contribution in [3.63, 3.8) is 0 Å². The average molecular weight is 687 g/mol. The minimum absolute atomic E-state index is 0. The van der Waals surface area contributed by atoms with Crippen LogP contribution in [0, 0.1) is 11.6 Å². The number of halogens is 3. The molecule has 248 valence electrons. The van der Waals surface area contributed by atoms with Crippen LogP contribution in [-0.4, -0.2) is 49.1 Å². The van der Waals surface area contributed by atoms with E-state index >= 15 is 0 Å². The number of nitrogens with zero attached hydrogens (tertiary/aromatic N) is 2. The van der Waals surface area contributed by atoms with E-state index in [0.717, 1.165) is 23.4 Å². The van der Waals surface area contributed by atoms with Crippen molar-refractivity contribution in [2.45, 2.75) is 31.5 Å². The molecule has 1 fully saturated rings. The number of rotatable bonds is 10. The molecule has 2 atom stereocenters. The van der Waals surface area contributed by atoms with E-state index in [2.05, 4.69) is 25.2 Å². The van der Waals surface area contributed by atoms with Gasteiger partial charge in [0.2, 0.25) is 15.9 Å². The highest BCUT2D eigenvalue weighted by atomic mass is 35.5. The van der Waals surface area contributed by atoms with Crippen molar-refractivity contribution in [2.75, 3.05) is 22.8 Å². The lowest BCUT2D eigenvalue weighted by Crippen LogP contribution is -2.47. The Hall–Kier alpha value is -4.79.